The summed E-state index contributed by atoms with van der Waals surface area (Å²) in [6.45, 7) is 5.78. The predicted octanol–water partition coefficient (Wildman–Crippen LogP) is 4.26. The van der Waals surface area contributed by atoms with Crippen LogP contribution in [0.25, 0.3) is 10.9 Å². The molecule has 1 heterocycles. The van der Waals surface area contributed by atoms with E-state index < -0.39 is 0 Å². The first-order valence-electron chi connectivity index (χ1n) is 8.67. The first-order chi connectivity index (χ1) is 12.2. The third kappa shape index (κ3) is 3.86. The maximum Gasteiger partial charge on any atom is 0.246 e. The number of likely N-dealkylation sites (N-methyl/N-ethyl adjacent to an activating group) is 1. The van der Waals surface area contributed by atoms with E-state index in [-0.39, 0.29) is 11.9 Å². The summed E-state index contributed by atoms with van der Waals surface area (Å²) in [6.07, 6.45) is 1.77. The topological polar surface area (TPSA) is 45.2 Å². The summed E-state index contributed by atoms with van der Waals surface area (Å²) in [7, 11) is 0. The van der Waals surface area contributed by atoms with Crippen LogP contribution in [-0.2, 0) is 4.79 Å². The highest BCUT2D eigenvalue weighted by Crippen LogP contribution is 2.24. The second kappa shape index (κ2) is 7.90. The maximum atomic E-state index is 13.0. The van der Waals surface area contributed by atoms with Gasteiger partial charge in [0.15, 0.2) is 0 Å². The van der Waals surface area contributed by atoms with Gasteiger partial charge in [0.2, 0.25) is 5.91 Å². The number of pyridine rings is 1. The predicted molar refractivity (Wildman–Crippen MR) is 102 cm³/mol. The average Bonchev–Trinajstić information content (AvgIpc) is 2.66. The molecule has 1 unspecified atom stereocenters. The van der Waals surface area contributed by atoms with Crippen LogP contribution in [0.4, 0.5) is 5.69 Å². The van der Waals surface area contributed by atoms with E-state index >= 15 is 0 Å². The number of hydrogen-bond donors (Lipinski definition) is 1. The lowest BCUT2D eigenvalue weighted by molar-refractivity contribution is -0.121. The van der Waals surface area contributed by atoms with Crippen LogP contribution in [0, 0.1) is 0 Å². The highest BCUT2D eigenvalue weighted by atomic mass is 16.2. The van der Waals surface area contributed by atoms with E-state index in [0.717, 1.165) is 35.2 Å². The molecule has 0 aliphatic rings. The van der Waals surface area contributed by atoms with Gasteiger partial charge in [0.1, 0.15) is 6.04 Å². The third-order valence-corrected chi connectivity index (χ3v) is 4.41. The number of nitrogens with one attached hydrogen (secondary N) is 1. The molecule has 3 rings (SSSR count). The third-order valence-electron chi connectivity index (χ3n) is 4.41. The van der Waals surface area contributed by atoms with Crippen molar-refractivity contribution < 1.29 is 4.79 Å². The van der Waals surface area contributed by atoms with Gasteiger partial charge < -0.3 is 5.32 Å². The van der Waals surface area contributed by atoms with Crippen LogP contribution in [0.2, 0.25) is 0 Å². The zero-order valence-corrected chi connectivity index (χ0v) is 14.6. The van der Waals surface area contributed by atoms with Crippen molar-refractivity contribution in [2.45, 2.75) is 19.9 Å². The molecule has 1 amide bonds. The summed E-state index contributed by atoms with van der Waals surface area (Å²) >= 11 is 0. The van der Waals surface area contributed by atoms with Crippen molar-refractivity contribution in [1.82, 2.24) is 9.88 Å². The molecule has 0 saturated heterocycles. The number of aromatic nitrogens is 1. The number of hydrogen-bond acceptors (Lipinski definition) is 3. The standard InChI is InChI=1S/C21H23N3O/c1-3-24(4-2)20(16-9-6-5-7-10-16)21(25)23-18-12-13-19-17(15-18)11-8-14-22-19/h5-15,20H,3-4H2,1-2H3,(H,23,25). The van der Waals surface area contributed by atoms with Gasteiger partial charge in [-0.2, -0.15) is 0 Å². The minimum atomic E-state index is -0.305. The number of rotatable bonds is 6. The Balaban J connectivity index is 1.88. The molecule has 0 spiro atoms. The van der Waals surface area contributed by atoms with Crippen LogP contribution in [0.1, 0.15) is 25.5 Å². The SMILES string of the molecule is CCN(CC)C(C(=O)Nc1ccc2ncccc2c1)c1ccccc1. The molecule has 4 nitrogen and oxygen atoms in total. The maximum absolute atomic E-state index is 13.0. The molecule has 0 saturated carbocycles. The van der Waals surface area contributed by atoms with Gasteiger partial charge in [-0.25, -0.2) is 0 Å². The van der Waals surface area contributed by atoms with Crippen LogP contribution in [0.15, 0.2) is 66.9 Å². The van der Waals surface area contributed by atoms with Crippen molar-refractivity contribution in [3.8, 4) is 0 Å². The Morgan fingerprint density at radius 3 is 2.52 bits per heavy atom. The van der Waals surface area contributed by atoms with E-state index in [1.54, 1.807) is 6.20 Å². The first kappa shape index (κ1) is 17.1. The van der Waals surface area contributed by atoms with Crippen molar-refractivity contribution in [3.05, 3.63) is 72.4 Å². The van der Waals surface area contributed by atoms with Gasteiger partial charge in [-0.05, 0) is 42.9 Å². The zero-order valence-electron chi connectivity index (χ0n) is 14.6. The number of amides is 1. The molecular formula is C21H23N3O. The van der Waals surface area contributed by atoms with Crippen molar-refractivity contribution in [2.24, 2.45) is 0 Å². The lowest BCUT2D eigenvalue weighted by Crippen LogP contribution is -2.37. The number of benzene rings is 2. The molecule has 0 aliphatic heterocycles. The summed E-state index contributed by atoms with van der Waals surface area (Å²) in [6, 6.07) is 19.3. The van der Waals surface area contributed by atoms with E-state index in [2.05, 4.69) is 29.0 Å². The molecule has 4 heteroatoms. The van der Waals surface area contributed by atoms with Crippen LogP contribution in [0.3, 0.4) is 0 Å². The van der Waals surface area contributed by atoms with Gasteiger partial charge in [-0.1, -0.05) is 50.2 Å². The molecule has 0 fully saturated rings. The fourth-order valence-electron chi connectivity index (χ4n) is 3.12. The van der Waals surface area contributed by atoms with Crippen LogP contribution in [-0.4, -0.2) is 28.9 Å². The largest absolute Gasteiger partial charge is 0.324 e. The van der Waals surface area contributed by atoms with E-state index in [1.807, 2.05) is 60.7 Å². The van der Waals surface area contributed by atoms with Crippen LogP contribution in [0.5, 0.6) is 0 Å². The lowest BCUT2D eigenvalue weighted by Gasteiger charge is -2.29. The molecular weight excluding hydrogens is 310 g/mol. The van der Waals surface area contributed by atoms with Gasteiger partial charge in [-0.15, -0.1) is 0 Å². The molecule has 2 aromatic carbocycles. The van der Waals surface area contributed by atoms with Gasteiger partial charge >= 0.3 is 0 Å². The number of nitrogens with zero attached hydrogens (tertiary/aromatic N) is 2. The van der Waals surface area contributed by atoms with Gasteiger partial charge in [0, 0.05) is 17.3 Å². The number of carbonyl (C=O) groups is 1. The molecule has 128 valence electrons. The van der Waals surface area contributed by atoms with Crippen molar-refractivity contribution in [2.75, 3.05) is 18.4 Å². The molecule has 1 aromatic heterocycles. The van der Waals surface area contributed by atoms with Crippen molar-refractivity contribution in [1.29, 1.82) is 0 Å². The molecule has 0 radical (unpaired) electrons. The van der Waals surface area contributed by atoms with Crippen molar-refractivity contribution >= 4 is 22.5 Å². The fraction of sp³-hybridized carbons (Fsp3) is 0.238. The highest BCUT2D eigenvalue weighted by molar-refractivity contribution is 5.97. The summed E-state index contributed by atoms with van der Waals surface area (Å²) in [4.78, 5) is 19.5. The van der Waals surface area contributed by atoms with Crippen molar-refractivity contribution in [3.63, 3.8) is 0 Å². The smallest absolute Gasteiger partial charge is 0.246 e. The molecule has 3 aromatic rings. The second-order valence-corrected chi connectivity index (χ2v) is 5.93. The van der Waals surface area contributed by atoms with E-state index in [1.165, 1.54) is 0 Å². The highest BCUT2D eigenvalue weighted by Gasteiger charge is 2.25. The Labute approximate surface area is 148 Å². The first-order valence-corrected chi connectivity index (χ1v) is 8.67. The summed E-state index contributed by atoms with van der Waals surface area (Å²) in [5.41, 5.74) is 2.72. The van der Waals surface area contributed by atoms with Crippen LogP contribution < -0.4 is 5.32 Å². The molecule has 1 atom stereocenters. The Morgan fingerprint density at radius 2 is 1.80 bits per heavy atom. The zero-order chi connectivity index (χ0) is 17.6. The summed E-state index contributed by atoms with van der Waals surface area (Å²) in [5.74, 6) is -0.0156. The van der Waals surface area contributed by atoms with Crippen LogP contribution >= 0.6 is 0 Å². The van der Waals surface area contributed by atoms with Gasteiger partial charge in [0.25, 0.3) is 0 Å². The molecule has 0 bridgehead atoms. The number of anilines is 1. The average molecular weight is 333 g/mol. The lowest BCUT2D eigenvalue weighted by atomic mass is 10.0. The molecule has 1 N–H and O–H groups in total. The number of carbonyl (C=O) groups excluding carboxylic acids is 1. The van der Waals surface area contributed by atoms with Gasteiger partial charge in [-0.3, -0.25) is 14.7 Å². The number of fused-ring (bicyclic) bond motifs is 1. The minimum Gasteiger partial charge on any atom is -0.324 e. The Bertz CT molecular complexity index is 844. The molecule has 25 heavy (non-hydrogen) atoms. The Hall–Kier alpha value is -2.72. The Kier molecular flexibility index (Phi) is 5.41. The van der Waals surface area contributed by atoms with E-state index in [9.17, 15) is 4.79 Å². The second-order valence-electron chi connectivity index (χ2n) is 5.93. The van der Waals surface area contributed by atoms with Gasteiger partial charge in [0.05, 0.1) is 5.52 Å². The summed E-state index contributed by atoms with van der Waals surface area (Å²) in [5, 5.41) is 4.09. The quantitative estimate of drug-likeness (QED) is 0.733. The molecule has 0 aliphatic carbocycles. The summed E-state index contributed by atoms with van der Waals surface area (Å²) < 4.78 is 0. The van der Waals surface area contributed by atoms with E-state index in [0.29, 0.717) is 0 Å². The van der Waals surface area contributed by atoms with E-state index in [4.69, 9.17) is 0 Å². The normalized spacial score (nSPS) is 12.3. The monoisotopic (exact) mass is 333 g/mol. The minimum absolute atomic E-state index is 0.0156. The fourth-order valence-corrected chi connectivity index (χ4v) is 3.12. The Morgan fingerprint density at radius 1 is 1.04 bits per heavy atom.